The lowest BCUT2D eigenvalue weighted by Gasteiger charge is -2.38. The molecule has 106 valence electrons. The molecule has 1 saturated heterocycles. The Labute approximate surface area is 114 Å². The van der Waals surface area contributed by atoms with Crippen molar-refractivity contribution in [3.63, 3.8) is 0 Å². The lowest BCUT2D eigenvalue weighted by atomic mass is 9.66. The van der Waals surface area contributed by atoms with Crippen molar-refractivity contribution in [2.24, 2.45) is 28.6 Å². The monoisotopic (exact) mass is 252 g/mol. The summed E-state index contributed by atoms with van der Waals surface area (Å²) in [6, 6.07) is 0. The van der Waals surface area contributed by atoms with E-state index >= 15 is 0 Å². The van der Waals surface area contributed by atoms with E-state index in [9.17, 15) is 0 Å². The quantitative estimate of drug-likeness (QED) is 0.694. The number of rotatable bonds is 3. The van der Waals surface area contributed by atoms with Gasteiger partial charge in [0.05, 0.1) is 6.61 Å². The highest BCUT2D eigenvalue weighted by Crippen LogP contribution is 2.48. The van der Waals surface area contributed by atoms with Gasteiger partial charge in [-0.2, -0.15) is 0 Å². The molecule has 0 aromatic carbocycles. The van der Waals surface area contributed by atoms with Gasteiger partial charge in [0.2, 0.25) is 0 Å². The van der Waals surface area contributed by atoms with Crippen LogP contribution >= 0.6 is 0 Å². The van der Waals surface area contributed by atoms with Gasteiger partial charge in [-0.1, -0.05) is 47.5 Å². The summed E-state index contributed by atoms with van der Waals surface area (Å²) in [5.41, 5.74) is 0.908. The first-order valence-electron chi connectivity index (χ1n) is 7.88. The molecule has 1 heteroatoms. The van der Waals surface area contributed by atoms with Gasteiger partial charge in [0, 0.05) is 6.61 Å². The Hall–Kier alpha value is -0.0400. The van der Waals surface area contributed by atoms with Gasteiger partial charge in [-0.05, 0) is 47.8 Å². The highest BCUT2D eigenvalue weighted by molar-refractivity contribution is 4.90. The van der Waals surface area contributed by atoms with Gasteiger partial charge in [0.15, 0.2) is 0 Å². The van der Waals surface area contributed by atoms with E-state index < -0.39 is 0 Å². The van der Waals surface area contributed by atoms with Crippen molar-refractivity contribution in [1.82, 2.24) is 0 Å². The van der Waals surface area contributed by atoms with Gasteiger partial charge >= 0.3 is 0 Å². The molecule has 0 radical (unpaired) electrons. The van der Waals surface area contributed by atoms with Crippen molar-refractivity contribution in [1.29, 1.82) is 0 Å². The summed E-state index contributed by atoms with van der Waals surface area (Å²) < 4.78 is 5.80. The molecule has 0 aromatic rings. The van der Waals surface area contributed by atoms with Crippen LogP contribution in [0.15, 0.2) is 0 Å². The Morgan fingerprint density at radius 2 is 1.56 bits per heavy atom. The second-order valence-electron chi connectivity index (χ2n) is 8.44. The molecule has 2 atom stereocenters. The second kappa shape index (κ2) is 5.15. The maximum atomic E-state index is 5.80. The van der Waals surface area contributed by atoms with Crippen molar-refractivity contribution in [3.05, 3.63) is 0 Å². The van der Waals surface area contributed by atoms with Crippen LogP contribution in [0.1, 0.15) is 66.7 Å². The minimum Gasteiger partial charge on any atom is -0.381 e. The minimum atomic E-state index is 0.396. The van der Waals surface area contributed by atoms with E-state index in [2.05, 4.69) is 34.6 Å². The number of hydrogen-bond donors (Lipinski definition) is 0. The Balaban J connectivity index is 1.99. The zero-order valence-corrected chi connectivity index (χ0v) is 13.1. The molecule has 1 heterocycles. The van der Waals surface area contributed by atoms with Crippen molar-refractivity contribution in [2.75, 3.05) is 13.2 Å². The lowest BCUT2D eigenvalue weighted by molar-refractivity contribution is 0.114. The highest BCUT2D eigenvalue weighted by Gasteiger charge is 2.41. The summed E-state index contributed by atoms with van der Waals surface area (Å²) in [7, 11) is 0. The Morgan fingerprint density at radius 1 is 0.944 bits per heavy atom. The fraction of sp³-hybridized carbons (Fsp3) is 1.00. The molecule has 0 bridgehead atoms. The minimum absolute atomic E-state index is 0.396. The first-order chi connectivity index (χ1) is 8.31. The van der Waals surface area contributed by atoms with E-state index in [0.717, 1.165) is 31.0 Å². The van der Waals surface area contributed by atoms with Crippen LogP contribution in [0.4, 0.5) is 0 Å². The third-order valence-corrected chi connectivity index (χ3v) is 5.56. The normalized spacial score (nSPS) is 31.2. The first kappa shape index (κ1) is 14.4. The van der Waals surface area contributed by atoms with E-state index in [4.69, 9.17) is 4.74 Å². The molecule has 1 aliphatic heterocycles. The van der Waals surface area contributed by atoms with Gasteiger partial charge in [0.25, 0.3) is 0 Å². The molecular weight excluding hydrogens is 220 g/mol. The summed E-state index contributed by atoms with van der Waals surface area (Å²) in [6.45, 7) is 14.1. The zero-order valence-electron chi connectivity index (χ0n) is 13.1. The van der Waals surface area contributed by atoms with Crippen LogP contribution in [0.5, 0.6) is 0 Å². The van der Waals surface area contributed by atoms with Crippen molar-refractivity contribution in [3.8, 4) is 0 Å². The predicted octanol–water partition coefficient (Wildman–Crippen LogP) is 4.90. The molecule has 18 heavy (non-hydrogen) atoms. The van der Waals surface area contributed by atoms with Crippen LogP contribution in [-0.2, 0) is 4.74 Å². The fourth-order valence-electron chi connectivity index (χ4n) is 4.31. The van der Waals surface area contributed by atoms with Crippen LogP contribution in [0.2, 0.25) is 0 Å². The van der Waals surface area contributed by atoms with Crippen molar-refractivity contribution in [2.45, 2.75) is 66.7 Å². The van der Waals surface area contributed by atoms with Gasteiger partial charge in [-0.25, -0.2) is 0 Å². The van der Waals surface area contributed by atoms with E-state index in [-0.39, 0.29) is 0 Å². The fourth-order valence-corrected chi connectivity index (χ4v) is 4.31. The van der Waals surface area contributed by atoms with E-state index in [1.807, 2.05) is 0 Å². The number of hydrogen-bond acceptors (Lipinski definition) is 1. The SMILES string of the molecule is CC(C)(C)C1COCC1CC(C)(C)C1CCCC1. The van der Waals surface area contributed by atoms with Crippen LogP contribution in [0.3, 0.4) is 0 Å². The zero-order chi connectivity index (χ0) is 13.4. The van der Waals surface area contributed by atoms with Gasteiger partial charge in [0.1, 0.15) is 0 Å². The second-order valence-corrected chi connectivity index (χ2v) is 8.44. The summed E-state index contributed by atoms with van der Waals surface area (Å²) in [5, 5.41) is 0. The van der Waals surface area contributed by atoms with Crippen LogP contribution in [0.25, 0.3) is 0 Å². The molecule has 2 rings (SSSR count). The molecule has 0 spiro atoms. The standard InChI is InChI=1S/C17H32O/c1-16(2,3)15-12-18-11-13(15)10-17(4,5)14-8-6-7-9-14/h13-15H,6-12H2,1-5H3. The molecule has 2 aliphatic rings. The summed E-state index contributed by atoms with van der Waals surface area (Å²) in [4.78, 5) is 0. The molecular formula is C17H32O. The first-order valence-corrected chi connectivity index (χ1v) is 7.88. The van der Waals surface area contributed by atoms with Gasteiger partial charge < -0.3 is 4.74 Å². The lowest BCUT2D eigenvalue weighted by Crippen LogP contribution is -2.33. The summed E-state index contributed by atoms with van der Waals surface area (Å²) >= 11 is 0. The van der Waals surface area contributed by atoms with Crippen LogP contribution < -0.4 is 0 Å². The third kappa shape index (κ3) is 3.10. The van der Waals surface area contributed by atoms with E-state index in [0.29, 0.717) is 10.8 Å². The average Bonchev–Trinajstić information content (AvgIpc) is 2.83. The summed E-state index contributed by atoms with van der Waals surface area (Å²) in [5.74, 6) is 2.48. The third-order valence-electron chi connectivity index (χ3n) is 5.56. The smallest absolute Gasteiger partial charge is 0.0502 e. The molecule has 0 N–H and O–H groups in total. The predicted molar refractivity (Wildman–Crippen MR) is 77.6 cm³/mol. The Morgan fingerprint density at radius 3 is 2.11 bits per heavy atom. The Kier molecular flexibility index (Phi) is 4.11. The molecule has 1 aliphatic carbocycles. The highest BCUT2D eigenvalue weighted by atomic mass is 16.5. The average molecular weight is 252 g/mol. The Bertz CT molecular complexity index is 268. The largest absolute Gasteiger partial charge is 0.381 e. The van der Waals surface area contributed by atoms with Crippen molar-refractivity contribution < 1.29 is 4.74 Å². The molecule has 0 amide bonds. The number of ether oxygens (including phenoxy) is 1. The molecule has 1 nitrogen and oxygen atoms in total. The topological polar surface area (TPSA) is 9.23 Å². The summed E-state index contributed by atoms with van der Waals surface area (Å²) in [6.07, 6.45) is 7.19. The molecule has 2 unspecified atom stereocenters. The maximum Gasteiger partial charge on any atom is 0.0502 e. The molecule has 1 saturated carbocycles. The molecule has 0 aromatic heterocycles. The molecule has 2 fully saturated rings. The van der Waals surface area contributed by atoms with E-state index in [1.54, 1.807) is 0 Å². The van der Waals surface area contributed by atoms with Gasteiger partial charge in [-0.3, -0.25) is 0 Å². The van der Waals surface area contributed by atoms with E-state index in [1.165, 1.54) is 32.1 Å². The maximum absolute atomic E-state index is 5.80. The van der Waals surface area contributed by atoms with Gasteiger partial charge in [-0.15, -0.1) is 0 Å². The van der Waals surface area contributed by atoms with Crippen molar-refractivity contribution >= 4 is 0 Å². The van der Waals surface area contributed by atoms with Crippen LogP contribution in [0, 0.1) is 28.6 Å². The van der Waals surface area contributed by atoms with Crippen LogP contribution in [-0.4, -0.2) is 13.2 Å².